The second-order valence-electron chi connectivity index (χ2n) is 10.6. The Labute approximate surface area is 228 Å². The predicted octanol–water partition coefficient (Wildman–Crippen LogP) is 5.62. The average Bonchev–Trinajstić information content (AvgIpc) is 2.95. The molecule has 7 nitrogen and oxygen atoms in total. The number of nitrogens with one attached hydrogen (secondary N) is 3. The van der Waals surface area contributed by atoms with Gasteiger partial charge < -0.3 is 20.9 Å². The molecule has 3 aromatic carbocycles. The fraction of sp³-hybridized carbons (Fsp3) is 0.300. The SMILES string of the molecule is Cc1ccc2c(c1)N(CC(=O)NC(C)(C)C)C(=O)[C@H](NC(=O)Nc1ccc(Cl)cc1)C[C@@H]2c1ccccc1. The molecule has 0 unspecified atom stereocenters. The van der Waals surface area contributed by atoms with Gasteiger partial charge in [0.05, 0.1) is 0 Å². The third-order valence-electron chi connectivity index (χ3n) is 6.31. The summed E-state index contributed by atoms with van der Waals surface area (Å²) in [7, 11) is 0. The van der Waals surface area contributed by atoms with Gasteiger partial charge in [-0.2, -0.15) is 0 Å². The largest absolute Gasteiger partial charge is 0.350 e. The van der Waals surface area contributed by atoms with Gasteiger partial charge in [0.15, 0.2) is 0 Å². The van der Waals surface area contributed by atoms with Crippen LogP contribution in [0.2, 0.25) is 5.02 Å². The van der Waals surface area contributed by atoms with Crippen molar-refractivity contribution in [2.45, 2.75) is 51.6 Å². The third kappa shape index (κ3) is 6.72. The normalized spacial score (nSPS) is 17.3. The first-order valence-corrected chi connectivity index (χ1v) is 13.0. The molecule has 8 heteroatoms. The Kier molecular flexibility index (Phi) is 8.07. The minimum Gasteiger partial charge on any atom is -0.350 e. The Bertz CT molecular complexity index is 1320. The van der Waals surface area contributed by atoms with E-state index >= 15 is 0 Å². The van der Waals surface area contributed by atoms with Crippen LogP contribution in [0.1, 0.15) is 49.8 Å². The molecule has 0 fully saturated rings. The summed E-state index contributed by atoms with van der Waals surface area (Å²) in [5.74, 6) is -0.793. The van der Waals surface area contributed by atoms with Crippen LogP contribution in [0.3, 0.4) is 0 Å². The van der Waals surface area contributed by atoms with Crippen LogP contribution in [0.25, 0.3) is 0 Å². The van der Waals surface area contributed by atoms with E-state index in [0.717, 1.165) is 16.7 Å². The van der Waals surface area contributed by atoms with E-state index in [1.807, 2.05) is 76.2 Å². The van der Waals surface area contributed by atoms with Crippen LogP contribution in [-0.4, -0.2) is 36.0 Å². The van der Waals surface area contributed by atoms with E-state index in [-0.39, 0.29) is 24.3 Å². The van der Waals surface area contributed by atoms with E-state index in [9.17, 15) is 14.4 Å². The summed E-state index contributed by atoms with van der Waals surface area (Å²) in [4.78, 5) is 41.5. The summed E-state index contributed by atoms with van der Waals surface area (Å²) in [5, 5.41) is 9.14. The predicted molar refractivity (Wildman–Crippen MR) is 152 cm³/mol. The zero-order chi connectivity index (χ0) is 27.4. The van der Waals surface area contributed by atoms with E-state index in [0.29, 0.717) is 22.8 Å². The van der Waals surface area contributed by atoms with Crippen LogP contribution in [0, 0.1) is 6.92 Å². The van der Waals surface area contributed by atoms with Gasteiger partial charge >= 0.3 is 6.03 Å². The molecule has 4 amide bonds. The van der Waals surface area contributed by atoms with Crippen molar-refractivity contribution in [3.05, 3.63) is 94.5 Å². The molecule has 1 aliphatic rings. The fourth-order valence-corrected chi connectivity index (χ4v) is 4.82. The maximum Gasteiger partial charge on any atom is 0.319 e. The highest BCUT2D eigenvalue weighted by molar-refractivity contribution is 6.30. The van der Waals surface area contributed by atoms with Crippen molar-refractivity contribution in [3.63, 3.8) is 0 Å². The lowest BCUT2D eigenvalue weighted by Gasteiger charge is -2.28. The van der Waals surface area contributed by atoms with Crippen LogP contribution in [0.4, 0.5) is 16.2 Å². The number of nitrogens with zero attached hydrogens (tertiary/aromatic N) is 1. The lowest BCUT2D eigenvalue weighted by Crippen LogP contribution is -2.53. The number of hydrogen-bond acceptors (Lipinski definition) is 3. The molecule has 1 aliphatic heterocycles. The molecular formula is C30H33ClN4O3. The van der Waals surface area contributed by atoms with Gasteiger partial charge in [0.25, 0.3) is 0 Å². The first-order chi connectivity index (χ1) is 18.0. The first kappa shape index (κ1) is 27.2. The highest BCUT2D eigenvalue weighted by Crippen LogP contribution is 2.39. The molecule has 0 spiro atoms. The average molecular weight is 533 g/mol. The number of anilines is 2. The van der Waals surface area contributed by atoms with Crippen LogP contribution in [-0.2, 0) is 9.59 Å². The molecule has 4 rings (SSSR count). The Morgan fingerprint density at radius 1 is 1.00 bits per heavy atom. The monoisotopic (exact) mass is 532 g/mol. The number of rotatable bonds is 5. The van der Waals surface area contributed by atoms with Crippen molar-refractivity contribution in [2.24, 2.45) is 0 Å². The Hall–Kier alpha value is -3.84. The highest BCUT2D eigenvalue weighted by atomic mass is 35.5. The van der Waals surface area contributed by atoms with Crippen molar-refractivity contribution >= 4 is 40.8 Å². The number of carbonyl (C=O) groups is 3. The molecule has 0 aromatic heterocycles. The third-order valence-corrected chi connectivity index (χ3v) is 6.57. The number of fused-ring (bicyclic) bond motifs is 1. The molecule has 38 heavy (non-hydrogen) atoms. The molecule has 0 saturated carbocycles. The molecule has 0 radical (unpaired) electrons. The Morgan fingerprint density at radius 2 is 1.68 bits per heavy atom. The molecule has 0 aliphatic carbocycles. The maximum atomic E-state index is 14.0. The van der Waals surface area contributed by atoms with Gasteiger partial charge in [-0.1, -0.05) is 54.1 Å². The van der Waals surface area contributed by atoms with E-state index in [1.165, 1.54) is 4.90 Å². The number of halogens is 1. The maximum absolute atomic E-state index is 14.0. The topological polar surface area (TPSA) is 90.5 Å². The van der Waals surface area contributed by atoms with Gasteiger partial charge in [-0.25, -0.2) is 4.79 Å². The Morgan fingerprint density at radius 3 is 2.34 bits per heavy atom. The van der Waals surface area contributed by atoms with E-state index in [2.05, 4.69) is 16.0 Å². The number of benzene rings is 3. The summed E-state index contributed by atoms with van der Waals surface area (Å²) in [6.45, 7) is 7.47. The molecule has 1 heterocycles. The summed E-state index contributed by atoms with van der Waals surface area (Å²) in [6, 6.07) is 21.2. The quantitative estimate of drug-likeness (QED) is 0.398. The van der Waals surface area contributed by atoms with Crippen molar-refractivity contribution in [3.8, 4) is 0 Å². The second-order valence-corrected chi connectivity index (χ2v) is 11.1. The Balaban J connectivity index is 1.71. The number of amides is 4. The van der Waals surface area contributed by atoms with Gasteiger partial charge in [0, 0.05) is 27.9 Å². The van der Waals surface area contributed by atoms with Crippen LogP contribution >= 0.6 is 11.6 Å². The fourth-order valence-electron chi connectivity index (χ4n) is 4.70. The van der Waals surface area contributed by atoms with Gasteiger partial charge in [-0.15, -0.1) is 0 Å². The van der Waals surface area contributed by atoms with Crippen LogP contribution < -0.4 is 20.9 Å². The number of aryl methyl sites for hydroxylation is 1. The summed E-state index contributed by atoms with van der Waals surface area (Å²) in [5.41, 5.74) is 3.70. The zero-order valence-electron chi connectivity index (χ0n) is 22.0. The number of urea groups is 1. The van der Waals surface area contributed by atoms with E-state index in [1.54, 1.807) is 24.3 Å². The minimum atomic E-state index is -0.873. The van der Waals surface area contributed by atoms with Crippen molar-refractivity contribution in [1.82, 2.24) is 10.6 Å². The number of carbonyl (C=O) groups excluding carboxylic acids is 3. The van der Waals surface area contributed by atoms with Gasteiger partial charge in [-0.3, -0.25) is 9.59 Å². The standard InChI is InChI=1S/C30H33ClN4O3/c1-19-10-15-23-24(20-8-6-5-7-9-20)17-25(33-29(38)32-22-13-11-21(31)12-14-22)28(37)35(26(23)16-19)18-27(36)34-30(2,3)4/h5-16,24-25H,17-18H2,1-4H3,(H,34,36)(H2,32,33,38)/t24-,25-/m1/s1. The summed E-state index contributed by atoms with van der Waals surface area (Å²) in [6.07, 6.45) is 0.338. The zero-order valence-corrected chi connectivity index (χ0v) is 22.8. The van der Waals surface area contributed by atoms with Crippen molar-refractivity contribution in [1.29, 1.82) is 0 Å². The lowest BCUT2D eigenvalue weighted by atomic mass is 9.85. The summed E-state index contributed by atoms with van der Waals surface area (Å²) < 4.78 is 0. The summed E-state index contributed by atoms with van der Waals surface area (Å²) >= 11 is 5.96. The van der Waals surface area contributed by atoms with Gasteiger partial charge in [-0.05, 0) is 81.1 Å². The molecular weight excluding hydrogens is 500 g/mol. The molecule has 3 N–H and O–H groups in total. The minimum absolute atomic E-state index is 0.162. The molecule has 198 valence electrons. The van der Waals surface area contributed by atoms with Crippen molar-refractivity contribution < 1.29 is 14.4 Å². The molecule has 2 atom stereocenters. The van der Waals surface area contributed by atoms with Crippen LogP contribution in [0.5, 0.6) is 0 Å². The molecule has 3 aromatic rings. The second kappa shape index (κ2) is 11.3. The highest BCUT2D eigenvalue weighted by Gasteiger charge is 2.37. The smallest absolute Gasteiger partial charge is 0.319 e. The molecule has 0 saturated heterocycles. The van der Waals surface area contributed by atoms with E-state index < -0.39 is 17.6 Å². The first-order valence-electron chi connectivity index (χ1n) is 12.6. The van der Waals surface area contributed by atoms with Gasteiger partial charge in [0.1, 0.15) is 12.6 Å². The lowest BCUT2D eigenvalue weighted by molar-refractivity contribution is -0.125. The van der Waals surface area contributed by atoms with Crippen LogP contribution in [0.15, 0.2) is 72.8 Å². The van der Waals surface area contributed by atoms with E-state index in [4.69, 9.17) is 11.6 Å². The van der Waals surface area contributed by atoms with Gasteiger partial charge in [0.2, 0.25) is 11.8 Å². The number of hydrogen-bond donors (Lipinski definition) is 3. The van der Waals surface area contributed by atoms with Crippen molar-refractivity contribution in [2.75, 3.05) is 16.8 Å². The molecule has 0 bridgehead atoms.